The van der Waals surface area contributed by atoms with Gasteiger partial charge in [0.2, 0.25) is 11.8 Å². The highest BCUT2D eigenvalue weighted by molar-refractivity contribution is 5.99. The number of aliphatic hydroxyl groups excluding tert-OH is 1. The third-order valence-electron chi connectivity index (χ3n) is 7.64. The molecule has 1 saturated carbocycles. The van der Waals surface area contributed by atoms with Gasteiger partial charge in [-0.3, -0.25) is 19.5 Å². The van der Waals surface area contributed by atoms with E-state index in [-0.39, 0.29) is 30.1 Å². The molecule has 10 heteroatoms. The van der Waals surface area contributed by atoms with Crippen molar-refractivity contribution >= 4 is 17.8 Å². The Kier molecular flexibility index (Phi) is 6.33. The van der Waals surface area contributed by atoms with E-state index < -0.39 is 35.2 Å². The van der Waals surface area contributed by atoms with Crippen LogP contribution in [0.25, 0.3) is 0 Å². The molecule has 1 aromatic carbocycles. The highest BCUT2D eigenvalue weighted by Gasteiger charge is 2.54. The Morgan fingerprint density at radius 3 is 2.71 bits per heavy atom. The van der Waals surface area contributed by atoms with Crippen LogP contribution < -0.4 is 20.5 Å². The number of pyridine rings is 1. The lowest BCUT2D eigenvalue weighted by molar-refractivity contribution is -0.132. The van der Waals surface area contributed by atoms with Crippen LogP contribution in [0, 0.1) is 11.8 Å². The van der Waals surface area contributed by atoms with E-state index in [9.17, 15) is 14.7 Å². The lowest BCUT2D eigenvalue weighted by Crippen LogP contribution is -2.54. The number of carbonyl (C=O) groups excluding carboxylic acids is 2. The van der Waals surface area contributed by atoms with Crippen molar-refractivity contribution in [1.29, 1.82) is 0 Å². The maximum absolute atomic E-state index is 13.6. The fourth-order valence-electron chi connectivity index (χ4n) is 5.61. The molecule has 10 nitrogen and oxygen atoms in total. The summed E-state index contributed by atoms with van der Waals surface area (Å²) >= 11 is 0. The van der Waals surface area contributed by atoms with Crippen molar-refractivity contribution in [3.63, 3.8) is 0 Å². The number of amides is 2. The van der Waals surface area contributed by atoms with Crippen LogP contribution in [-0.4, -0.2) is 57.1 Å². The quantitative estimate of drug-likeness (QED) is 0.531. The number of benzene rings is 1. The van der Waals surface area contributed by atoms with E-state index in [2.05, 4.69) is 15.3 Å². The predicted molar refractivity (Wildman–Crippen MR) is 140 cm³/mol. The normalized spacial score (nSPS) is 27.9. The summed E-state index contributed by atoms with van der Waals surface area (Å²) in [5.41, 5.74) is 6.30. The highest BCUT2D eigenvalue weighted by atomic mass is 16.5. The van der Waals surface area contributed by atoms with Gasteiger partial charge in [-0.05, 0) is 57.7 Å². The number of hydrogen-bond donors (Lipinski definition) is 3. The summed E-state index contributed by atoms with van der Waals surface area (Å²) < 4.78 is 11.4. The van der Waals surface area contributed by atoms with E-state index in [0.29, 0.717) is 23.5 Å². The lowest BCUT2D eigenvalue weighted by atomic mass is 9.86. The summed E-state index contributed by atoms with van der Waals surface area (Å²) in [7, 11) is 1.55. The third kappa shape index (κ3) is 4.69. The maximum atomic E-state index is 13.6. The number of aliphatic imine (C=N–C) groups is 1. The number of carbonyl (C=O) groups is 2. The number of rotatable bonds is 6. The minimum atomic E-state index is -0.953. The van der Waals surface area contributed by atoms with Crippen LogP contribution in [-0.2, 0) is 9.59 Å². The Morgan fingerprint density at radius 2 is 2.00 bits per heavy atom. The second-order valence-electron chi connectivity index (χ2n) is 11.5. The van der Waals surface area contributed by atoms with Gasteiger partial charge in [0.15, 0.2) is 5.96 Å². The van der Waals surface area contributed by atoms with Crippen molar-refractivity contribution in [1.82, 2.24) is 15.2 Å². The molecule has 3 aliphatic rings. The number of para-hydroxylation sites is 1. The molecule has 0 bridgehead atoms. The maximum Gasteiger partial charge on any atom is 0.232 e. The van der Waals surface area contributed by atoms with Gasteiger partial charge in [-0.25, -0.2) is 4.99 Å². The average molecular weight is 522 g/mol. The summed E-state index contributed by atoms with van der Waals surface area (Å²) in [6.07, 6.45) is 3.04. The number of hydrogen-bond acceptors (Lipinski definition) is 8. The minimum absolute atomic E-state index is 0.126. The molecule has 5 atom stereocenters. The standard InChI is InChI=1S/C28H35N5O5/c1-27(2)12-21(34)33(26(29)32-27)23(15-10-16(37-5)14-30-13-15)18-11-19(18)25(36)31-22-17-8-6-7-9-20(17)38-28(3,4)24(22)35/h6-10,13-14,18-19,22-24,35H,11-12H2,1-5H3,(H2,29,32)(H,31,36)/t18?,19-,22-,23-,24+/m1/s1. The Labute approximate surface area is 222 Å². The fourth-order valence-corrected chi connectivity index (χ4v) is 5.61. The number of aromatic nitrogens is 1. The average Bonchev–Trinajstić information content (AvgIpc) is 3.64. The number of nitrogens with two attached hydrogens (primary N) is 1. The molecule has 1 aliphatic carbocycles. The van der Waals surface area contributed by atoms with Gasteiger partial charge in [0.05, 0.1) is 37.4 Å². The zero-order valence-electron chi connectivity index (χ0n) is 22.3. The first-order chi connectivity index (χ1) is 17.9. The largest absolute Gasteiger partial charge is 0.495 e. The number of fused-ring (bicyclic) bond motifs is 1. The van der Waals surface area contributed by atoms with Gasteiger partial charge in [0.25, 0.3) is 0 Å². The second-order valence-corrected chi connectivity index (χ2v) is 11.5. The zero-order chi connectivity index (χ0) is 27.4. The third-order valence-corrected chi connectivity index (χ3v) is 7.64. The molecule has 0 radical (unpaired) electrons. The first-order valence-electron chi connectivity index (χ1n) is 12.8. The van der Waals surface area contributed by atoms with Gasteiger partial charge < -0.3 is 25.6 Å². The molecule has 0 spiro atoms. The number of nitrogens with one attached hydrogen (secondary N) is 1. The Balaban J connectivity index is 1.44. The van der Waals surface area contributed by atoms with Crippen LogP contribution >= 0.6 is 0 Å². The molecule has 2 aromatic rings. The molecule has 1 fully saturated rings. The number of methoxy groups -OCH3 is 1. The molecule has 0 saturated heterocycles. The Bertz CT molecular complexity index is 1290. The first kappa shape index (κ1) is 26.0. The minimum Gasteiger partial charge on any atom is -0.495 e. The van der Waals surface area contributed by atoms with Gasteiger partial charge >= 0.3 is 0 Å². The Morgan fingerprint density at radius 1 is 1.26 bits per heavy atom. The van der Waals surface area contributed by atoms with Crippen LogP contribution in [0.1, 0.15) is 63.7 Å². The topological polar surface area (TPSA) is 139 Å². The first-order valence-corrected chi connectivity index (χ1v) is 12.8. The van der Waals surface area contributed by atoms with Gasteiger partial charge in [-0.2, -0.15) is 0 Å². The number of aliphatic hydroxyl groups is 1. The van der Waals surface area contributed by atoms with Crippen LogP contribution in [0.2, 0.25) is 0 Å². The van der Waals surface area contributed by atoms with E-state index in [1.54, 1.807) is 33.4 Å². The fraction of sp³-hybridized carbons (Fsp3) is 0.500. The smallest absolute Gasteiger partial charge is 0.232 e. The molecule has 38 heavy (non-hydrogen) atoms. The van der Waals surface area contributed by atoms with Crippen molar-refractivity contribution in [3.05, 3.63) is 53.9 Å². The van der Waals surface area contributed by atoms with Crippen molar-refractivity contribution < 1.29 is 24.2 Å². The molecular formula is C28H35N5O5. The number of ether oxygens (including phenoxy) is 2. The SMILES string of the molecule is COc1cncc([C@H](C2C[C@H]2C(=O)N[C@@H]2c3ccccc3OC(C)(C)[C@H]2O)N2C(=O)CC(C)(C)N=C2N)c1. The van der Waals surface area contributed by atoms with Crippen molar-refractivity contribution in [2.24, 2.45) is 22.6 Å². The van der Waals surface area contributed by atoms with Crippen LogP contribution in [0.3, 0.4) is 0 Å². The van der Waals surface area contributed by atoms with E-state index in [1.165, 1.54) is 4.90 Å². The summed E-state index contributed by atoms with van der Waals surface area (Å²) in [6.45, 7) is 7.32. The van der Waals surface area contributed by atoms with Crippen LogP contribution in [0.5, 0.6) is 11.5 Å². The van der Waals surface area contributed by atoms with Crippen LogP contribution in [0.15, 0.2) is 47.7 Å². The zero-order valence-corrected chi connectivity index (χ0v) is 22.3. The molecule has 202 valence electrons. The monoisotopic (exact) mass is 521 g/mol. The Hall–Kier alpha value is -3.66. The van der Waals surface area contributed by atoms with Gasteiger partial charge in [0, 0.05) is 17.7 Å². The van der Waals surface area contributed by atoms with Gasteiger partial charge in [0.1, 0.15) is 23.2 Å². The van der Waals surface area contributed by atoms with Crippen molar-refractivity contribution in [2.45, 2.75) is 69.9 Å². The van der Waals surface area contributed by atoms with Gasteiger partial charge in [-0.15, -0.1) is 0 Å². The number of guanidine groups is 1. The van der Waals surface area contributed by atoms with Crippen LogP contribution in [0.4, 0.5) is 0 Å². The van der Waals surface area contributed by atoms with E-state index in [1.807, 2.05) is 44.2 Å². The molecule has 1 unspecified atom stereocenters. The molecule has 3 heterocycles. The summed E-state index contributed by atoms with van der Waals surface area (Å²) in [5.74, 6) is 0.324. The second kappa shape index (κ2) is 9.27. The molecule has 5 rings (SSSR count). The molecule has 4 N–H and O–H groups in total. The van der Waals surface area contributed by atoms with E-state index in [0.717, 1.165) is 5.56 Å². The summed E-state index contributed by atoms with van der Waals surface area (Å²) in [5, 5.41) is 14.1. The van der Waals surface area contributed by atoms with E-state index in [4.69, 9.17) is 15.2 Å². The summed E-state index contributed by atoms with van der Waals surface area (Å²) in [4.78, 5) is 37.3. The number of nitrogens with zero attached hydrogens (tertiary/aromatic N) is 3. The molecular weight excluding hydrogens is 486 g/mol. The van der Waals surface area contributed by atoms with E-state index >= 15 is 0 Å². The molecule has 2 amide bonds. The lowest BCUT2D eigenvalue weighted by Gasteiger charge is -2.42. The van der Waals surface area contributed by atoms with Gasteiger partial charge in [-0.1, -0.05) is 18.2 Å². The van der Waals surface area contributed by atoms with Crippen molar-refractivity contribution in [2.75, 3.05) is 7.11 Å². The predicted octanol–water partition coefficient (Wildman–Crippen LogP) is 2.48. The summed E-state index contributed by atoms with van der Waals surface area (Å²) in [6, 6.07) is 8.03. The van der Waals surface area contributed by atoms with Crippen molar-refractivity contribution in [3.8, 4) is 11.5 Å². The molecule has 1 aromatic heterocycles. The highest BCUT2D eigenvalue weighted by Crippen LogP contribution is 2.52. The molecule has 2 aliphatic heterocycles.